The fraction of sp³-hybridized carbons (Fsp3) is 0.500. The second-order valence-electron chi connectivity index (χ2n) is 4.12. The minimum absolute atomic E-state index is 0.144. The van der Waals surface area contributed by atoms with Gasteiger partial charge in [-0.3, -0.25) is 4.79 Å². The van der Waals surface area contributed by atoms with Crippen molar-refractivity contribution in [2.24, 2.45) is 0 Å². The zero-order chi connectivity index (χ0) is 13.9. The molecule has 0 saturated heterocycles. The van der Waals surface area contributed by atoms with Crippen LogP contribution in [0.1, 0.15) is 34.6 Å². The third-order valence-corrected chi connectivity index (χ3v) is 3.67. The molecular weight excluding hydrogens is 274 g/mol. The SMILES string of the molecule is Cc1sc(NC(=O)CCl)c(C(=O)OC(C)C)c1C. The third-order valence-electron chi connectivity index (χ3n) is 2.31. The predicted octanol–water partition coefficient (Wildman–Crippen LogP) is 3.11. The van der Waals surface area contributed by atoms with Crippen molar-refractivity contribution < 1.29 is 14.3 Å². The molecule has 6 heteroatoms. The van der Waals surface area contributed by atoms with Crippen LogP contribution in [0.2, 0.25) is 0 Å². The van der Waals surface area contributed by atoms with Crippen LogP contribution in [-0.4, -0.2) is 23.9 Å². The van der Waals surface area contributed by atoms with Crippen molar-refractivity contribution in [1.29, 1.82) is 0 Å². The van der Waals surface area contributed by atoms with Crippen molar-refractivity contribution in [1.82, 2.24) is 0 Å². The van der Waals surface area contributed by atoms with Crippen LogP contribution in [0.3, 0.4) is 0 Å². The molecule has 1 amide bonds. The molecule has 0 aromatic carbocycles. The molecule has 0 bridgehead atoms. The average Bonchev–Trinajstić information content (AvgIpc) is 2.53. The third kappa shape index (κ3) is 3.46. The van der Waals surface area contributed by atoms with E-state index in [1.165, 1.54) is 11.3 Å². The number of alkyl halides is 1. The fourth-order valence-corrected chi connectivity index (χ4v) is 2.53. The van der Waals surface area contributed by atoms with E-state index in [0.717, 1.165) is 10.4 Å². The van der Waals surface area contributed by atoms with Gasteiger partial charge in [-0.25, -0.2) is 4.79 Å². The molecular formula is C12H16ClNO3S. The minimum atomic E-state index is -0.420. The number of carbonyl (C=O) groups excluding carboxylic acids is 2. The molecule has 4 nitrogen and oxygen atoms in total. The van der Waals surface area contributed by atoms with E-state index in [1.807, 2.05) is 13.8 Å². The number of esters is 1. The van der Waals surface area contributed by atoms with E-state index < -0.39 is 5.97 Å². The molecule has 0 aliphatic rings. The van der Waals surface area contributed by atoms with Gasteiger partial charge in [-0.05, 0) is 33.3 Å². The molecule has 0 atom stereocenters. The van der Waals surface area contributed by atoms with Crippen molar-refractivity contribution >= 4 is 39.8 Å². The highest BCUT2D eigenvalue weighted by molar-refractivity contribution is 7.16. The van der Waals surface area contributed by atoms with Crippen LogP contribution in [0.5, 0.6) is 0 Å². The van der Waals surface area contributed by atoms with E-state index in [0.29, 0.717) is 10.6 Å². The minimum Gasteiger partial charge on any atom is -0.459 e. The van der Waals surface area contributed by atoms with Gasteiger partial charge in [0.05, 0.1) is 11.7 Å². The maximum atomic E-state index is 12.0. The summed E-state index contributed by atoms with van der Waals surface area (Å²) in [6.45, 7) is 7.29. The second kappa shape index (κ2) is 6.20. The Morgan fingerprint density at radius 1 is 1.39 bits per heavy atom. The van der Waals surface area contributed by atoms with Gasteiger partial charge in [-0.2, -0.15) is 0 Å². The highest BCUT2D eigenvalue weighted by Crippen LogP contribution is 2.33. The molecule has 0 spiro atoms. The number of halogens is 1. The smallest absolute Gasteiger partial charge is 0.341 e. The van der Waals surface area contributed by atoms with Crippen LogP contribution in [0.25, 0.3) is 0 Å². The summed E-state index contributed by atoms with van der Waals surface area (Å²) in [5.41, 5.74) is 1.25. The molecule has 100 valence electrons. The highest BCUT2D eigenvalue weighted by Gasteiger charge is 2.22. The molecule has 1 aromatic rings. The van der Waals surface area contributed by atoms with Gasteiger partial charge in [-0.15, -0.1) is 22.9 Å². The molecule has 18 heavy (non-hydrogen) atoms. The molecule has 0 aliphatic heterocycles. The topological polar surface area (TPSA) is 55.4 Å². The number of thiophene rings is 1. The van der Waals surface area contributed by atoms with Crippen molar-refractivity contribution in [3.8, 4) is 0 Å². The van der Waals surface area contributed by atoms with E-state index in [-0.39, 0.29) is 17.9 Å². The summed E-state index contributed by atoms with van der Waals surface area (Å²) in [6.07, 6.45) is -0.200. The van der Waals surface area contributed by atoms with Crippen LogP contribution < -0.4 is 5.32 Å². The number of rotatable bonds is 4. The number of nitrogens with one attached hydrogen (secondary N) is 1. The molecule has 0 unspecified atom stereocenters. The standard InChI is InChI=1S/C12H16ClNO3S/c1-6(2)17-12(16)10-7(3)8(4)18-11(10)14-9(15)5-13/h6H,5H2,1-4H3,(H,14,15). The van der Waals surface area contributed by atoms with Crippen molar-refractivity contribution in [2.75, 3.05) is 11.2 Å². The van der Waals surface area contributed by atoms with Gasteiger partial charge in [0.2, 0.25) is 5.91 Å². The van der Waals surface area contributed by atoms with Crippen molar-refractivity contribution in [3.05, 3.63) is 16.0 Å². The first-order valence-corrected chi connectivity index (χ1v) is 6.88. The fourth-order valence-electron chi connectivity index (χ4n) is 1.39. The second-order valence-corrected chi connectivity index (χ2v) is 5.62. The van der Waals surface area contributed by atoms with E-state index in [9.17, 15) is 9.59 Å². The Labute approximate surface area is 115 Å². The van der Waals surface area contributed by atoms with Gasteiger partial charge in [0.25, 0.3) is 0 Å². The molecule has 1 N–H and O–H groups in total. The number of hydrogen-bond acceptors (Lipinski definition) is 4. The zero-order valence-electron chi connectivity index (χ0n) is 10.8. The van der Waals surface area contributed by atoms with Crippen molar-refractivity contribution in [3.63, 3.8) is 0 Å². The number of amides is 1. The monoisotopic (exact) mass is 289 g/mol. The highest BCUT2D eigenvalue weighted by atomic mass is 35.5. The van der Waals surface area contributed by atoms with Crippen molar-refractivity contribution in [2.45, 2.75) is 33.8 Å². The molecule has 0 fully saturated rings. The Morgan fingerprint density at radius 2 is 2.00 bits per heavy atom. The lowest BCUT2D eigenvalue weighted by atomic mass is 10.1. The Hall–Kier alpha value is -1.07. The van der Waals surface area contributed by atoms with Crippen LogP contribution >= 0.6 is 22.9 Å². The van der Waals surface area contributed by atoms with Crippen LogP contribution in [0, 0.1) is 13.8 Å². The van der Waals surface area contributed by atoms with E-state index in [2.05, 4.69) is 5.32 Å². The van der Waals surface area contributed by atoms with E-state index >= 15 is 0 Å². The van der Waals surface area contributed by atoms with Crippen LogP contribution in [0.15, 0.2) is 0 Å². The molecule has 1 aromatic heterocycles. The normalized spacial score (nSPS) is 10.6. The van der Waals surface area contributed by atoms with Gasteiger partial charge in [-0.1, -0.05) is 0 Å². The molecule has 1 rings (SSSR count). The first-order valence-electron chi connectivity index (χ1n) is 5.53. The summed E-state index contributed by atoms with van der Waals surface area (Å²) in [6, 6.07) is 0. The average molecular weight is 290 g/mol. The van der Waals surface area contributed by atoms with Crippen LogP contribution in [0.4, 0.5) is 5.00 Å². The van der Waals surface area contributed by atoms with E-state index in [4.69, 9.17) is 16.3 Å². The largest absolute Gasteiger partial charge is 0.459 e. The summed E-state index contributed by atoms with van der Waals surface area (Å²) in [7, 11) is 0. The van der Waals surface area contributed by atoms with E-state index in [1.54, 1.807) is 13.8 Å². The molecule has 0 saturated carbocycles. The maximum absolute atomic E-state index is 12.0. The number of anilines is 1. The van der Waals surface area contributed by atoms with Gasteiger partial charge in [0, 0.05) is 4.88 Å². The Balaban J connectivity index is 3.08. The van der Waals surface area contributed by atoms with Gasteiger partial charge in [0.15, 0.2) is 0 Å². The maximum Gasteiger partial charge on any atom is 0.341 e. The number of ether oxygens (including phenoxy) is 1. The molecule has 0 radical (unpaired) electrons. The Kier molecular flexibility index (Phi) is 5.16. The molecule has 0 aliphatic carbocycles. The van der Waals surface area contributed by atoms with Gasteiger partial charge >= 0.3 is 5.97 Å². The molecule has 1 heterocycles. The summed E-state index contributed by atoms with van der Waals surface area (Å²) < 4.78 is 5.17. The predicted molar refractivity (Wildman–Crippen MR) is 73.7 cm³/mol. The summed E-state index contributed by atoms with van der Waals surface area (Å²) in [4.78, 5) is 24.3. The first-order chi connectivity index (χ1) is 8.36. The Bertz CT molecular complexity index is 468. The zero-order valence-corrected chi connectivity index (χ0v) is 12.4. The van der Waals surface area contributed by atoms with Gasteiger partial charge in [0.1, 0.15) is 10.9 Å². The summed E-state index contributed by atoms with van der Waals surface area (Å²) in [5.74, 6) is -0.900. The quantitative estimate of drug-likeness (QED) is 0.684. The van der Waals surface area contributed by atoms with Gasteiger partial charge < -0.3 is 10.1 Å². The summed E-state index contributed by atoms with van der Waals surface area (Å²) >= 11 is 6.79. The lowest BCUT2D eigenvalue weighted by Gasteiger charge is -2.09. The summed E-state index contributed by atoms with van der Waals surface area (Å²) in [5, 5.41) is 3.12. The van der Waals surface area contributed by atoms with Crippen LogP contribution in [-0.2, 0) is 9.53 Å². The first kappa shape index (κ1) is 15.0. The lowest BCUT2D eigenvalue weighted by molar-refractivity contribution is -0.113. The lowest BCUT2D eigenvalue weighted by Crippen LogP contribution is -2.17. The number of aryl methyl sites for hydroxylation is 1. The number of carbonyl (C=O) groups is 2. The number of hydrogen-bond donors (Lipinski definition) is 1. The Morgan fingerprint density at radius 3 is 2.50 bits per heavy atom.